The number of anilines is 1. The van der Waals surface area contributed by atoms with Crippen LogP contribution in [0, 0.1) is 6.92 Å². The second kappa shape index (κ2) is 9.71. The minimum Gasteiger partial charge on any atom is -0.325 e. The summed E-state index contributed by atoms with van der Waals surface area (Å²) in [6.45, 7) is 7.28. The Bertz CT molecular complexity index is 950. The zero-order chi connectivity index (χ0) is 20.1. The fourth-order valence-corrected chi connectivity index (χ4v) is 4.95. The summed E-state index contributed by atoms with van der Waals surface area (Å²) >= 11 is 6.57. The number of aromatic nitrogens is 3. The molecule has 8 heteroatoms. The Hall–Kier alpha value is -1.64. The monoisotopic (exact) mass is 478 g/mol. The lowest BCUT2D eigenvalue weighted by atomic mass is 10.1. The molecule has 3 aromatic rings. The Balaban J connectivity index is 1.74. The second-order valence-corrected chi connectivity index (χ2v) is 9.28. The molecule has 0 unspecified atom stereocenters. The predicted octanol–water partition coefficient (Wildman–Crippen LogP) is 5.78. The quantitative estimate of drug-likeness (QED) is 0.416. The molecular weight excluding hydrogens is 456 g/mol. The maximum Gasteiger partial charge on any atom is 0.234 e. The van der Waals surface area contributed by atoms with E-state index in [2.05, 4.69) is 62.2 Å². The maximum atomic E-state index is 12.3. The zero-order valence-corrected chi connectivity index (χ0v) is 19.4. The van der Waals surface area contributed by atoms with Crippen molar-refractivity contribution in [2.75, 3.05) is 11.1 Å². The summed E-state index contributed by atoms with van der Waals surface area (Å²) in [4.78, 5) is 13.6. The van der Waals surface area contributed by atoms with Crippen molar-refractivity contribution in [2.24, 2.45) is 0 Å². The lowest BCUT2D eigenvalue weighted by Crippen LogP contribution is -2.14. The molecule has 5 nitrogen and oxygen atoms in total. The zero-order valence-electron chi connectivity index (χ0n) is 16.2. The topological polar surface area (TPSA) is 59.8 Å². The van der Waals surface area contributed by atoms with Crippen molar-refractivity contribution in [3.8, 4) is 11.4 Å². The second-order valence-electron chi connectivity index (χ2n) is 6.34. The number of hydrogen-bond donors (Lipinski definition) is 1. The van der Waals surface area contributed by atoms with Gasteiger partial charge in [0.2, 0.25) is 5.91 Å². The Morgan fingerprint density at radius 3 is 2.68 bits per heavy atom. The molecule has 0 spiro atoms. The standard InChI is InChI=1S/C20H23BrN4OS2/c1-4-10-25-19(17-11-27-13(3)16(17)5-2)23-24-20(25)28-12-18(26)22-15-8-6-14(21)7-9-15/h6-9,11H,4-5,10,12H2,1-3H3,(H,22,26). The molecule has 3 rings (SSSR count). The first kappa shape index (κ1) is 21.1. The highest BCUT2D eigenvalue weighted by Gasteiger charge is 2.19. The first-order chi connectivity index (χ1) is 13.5. The molecule has 1 amide bonds. The molecule has 0 atom stereocenters. The first-order valence-electron chi connectivity index (χ1n) is 9.22. The van der Waals surface area contributed by atoms with E-state index in [1.807, 2.05) is 24.3 Å². The van der Waals surface area contributed by atoms with Crippen LogP contribution >= 0.6 is 39.0 Å². The molecule has 28 heavy (non-hydrogen) atoms. The van der Waals surface area contributed by atoms with Gasteiger partial charge in [-0.1, -0.05) is 41.5 Å². The van der Waals surface area contributed by atoms with Crippen LogP contribution in [0.2, 0.25) is 0 Å². The summed E-state index contributed by atoms with van der Waals surface area (Å²) in [5.74, 6) is 1.14. The SMILES string of the molecule is CCCn1c(SCC(=O)Nc2ccc(Br)cc2)nnc1-c1csc(C)c1CC. The number of amides is 1. The molecule has 0 radical (unpaired) electrons. The normalized spacial score (nSPS) is 11.0. The summed E-state index contributed by atoms with van der Waals surface area (Å²) in [6.07, 6.45) is 1.95. The van der Waals surface area contributed by atoms with Gasteiger partial charge in [-0.05, 0) is 49.6 Å². The van der Waals surface area contributed by atoms with Gasteiger partial charge in [-0.3, -0.25) is 4.79 Å². The third kappa shape index (κ3) is 4.85. The van der Waals surface area contributed by atoms with Crippen molar-refractivity contribution in [3.05, 3.63) is 44.6 Å². The van der Waals surface area contributed by atoms with E-state index in [4.69, 9.17) is 0 Å². The lowest BCUT2D eigenvalue weighted by molar-refractivity contribution is -0.113. The van der Waals surface area contributed by atoms with Crippen molar-refractivity contribution < 1.29 is 4.79 Å². The molecule has 1 N–H and O–H groups in total. The van der Waals surface area contributed by atoms with Crippen LogP contribution in [0.15, 0.2) is 39.3 Å². The number of thioether (sulfide) groups is 1. The Morgan fingerprint density at radius 2 is 2.00 bits per heavy atom. The number of nitrogens with zero attached hydrogens (tertiary/aromatic N) is 3. The van der Waals surface area contributed by atoms with Gasteiger partial charge in [-0.2, -0.15) is 0 Å². The number of nitrogens with one attached hydrogen (secondary N) is 1. The molecule has 0 saturated heterocycles. The third-order valence-corrected chi connectivity index (χ3v) is 6.77. The van der Waals surface area contributed by atoms with Crippen molar-refractivity contribution in [2.45, 2.75) is 45.3 Å². The van der Waals surface area contributed by atoms with Gasteiger partial charge in [0.05, 0.1) is 5.75 Å². The molecule has 0 saturated carbocycles. The molecule has 0 aliphatic carbocycles. The first-order valence-corrected chi connectivity index (χ1v) is 11.9. The van der Waals surface area contributed by atoms with Gasteiger partial charge in [-0.15, -0.1) is 21.5 Å². The number of hydrogen-bond acceptors (Lipinski definition) is 5. The van der Waals surface area contributed by atoms with Gasteiger partial charge >= 0.3 is 0 Å². The largest absolute Gasteiger partial charge is 0.325 e. The summed E-state index contributed by atoms with van der Waals surface area (Å²) in [7, 11) is 0. The van der Waals surface area contributed by atoms with Gasteiger partial charge in [0.25, 0.3) is 0 Å². The van der Waals surface area contributed by atoms with Gasteiger partial charge in [0, 0.05) is 32.5 Å². The Kier molecular flexibility index (Phi) is 7.31. The summed E-state index contributed by atoms with van der Waals surface area (Å²) in [6, 6.07) is 7.55. The van der Waals surface area contributed by atoms with Crippen LogP contribution in [0.3, 0.4) is 0 Å². The van der Waals surface area contributed by atoms with E-state index in [-0.39, 0.29) is 5.91 Å². The number of carbonyl (C=O) groups is 1. The van der Waals surface area contributed by atoms with E-state index >= 15 is 0 Å². The van der Waals surface area contributed by atoms with Gasteiger partial charge in [0.1, 0.15) is 0 Å². The molecule has 0 aliphatic heterocycles. The molecule has 2 heterocycles. The van der Waals surface area contributed by atoms with Crippen molar-refractivity contribution in [1.29, 1.82) is 0 Å². The Morgan fingerprint density at radius 1 is 1.25 bits per heavy atom. The van der Waals surface area contributed by atoms with Crippen LogP contribution in [0.25, 0.3) is 11.4 Å². The summed E-state index contributed by atoms with van der Waals surface area (Å²) in [5.41, 5.74) is 3.28. The highest BCUT2D eigenvalue weighted by atomic mass is 79.9. The van der Waals surface area contributed by atoms with Crippen LogP contribution in [0.4, 0.5) is 5.69 Å². The molecule has 148 valence electrons. The van der Waals surface area contributed by atoms with E-state index < -0.39 is 0 Å². The van der Waals surface area contributed by atoms with E-state index in [9.17, 15) is 4.79 Å². The van der Waals surface area contributed by atoms with Crippen molar-refractivity contribution >= 4 is 50.6 Å². The van der Waals surface area contributed by atoms with E-state index in [0.717, 1.165) is 46.1 Å². The smallest absolute Gasteiger partial charge is 0.234 e. The van der Waals surface area contributed by atoms with Gasteiger partial charge < -0.3 is 9.88 Å². The number of benzene rings is 1. The van der Waals surface area contributed by atoms with E-state index in [0.29, 0.717) is 5.75 Å². The number of aryl methyl sites for hydroxylation is 1. The van der Waals surface area contributed by atoms with Crippen molar-refractivity contribution in [1.82, 2.24) is 14.8 Å². The fraction of sp³-hybridized carbons (Fsp3) is 0.350. The van der Waals surface area contributed by atoms with Crippen molar-refractivity contribution in [3.63, 3.8) is 0 Å². The third-order valence-electron chi connectivity index (χ3n) is 4.32. The minimum absolute atomic E-state index is 0.0551. The summed E-state index contributed by atoms with van der Waals surface area (Å²) in [5, 5.41) is 14.7. The number of carbonyl (C=O) groups excluding carboxylic acids is 1. The van der Waals surface area contributed by atoms with Crippen LogP contribution in [-0.4, -0.2) is 26.4 Å². The average Bonchev–Trinajstić information content (AvgIpc) is 3.25. The number of rotatable bonds is 8. The molecule has 0 aliphatic rings. The minimum atomic E-state index is -0.0551. The van der Waals surface area contributed by atoms with Crippen LogP contribution in [0.5, 0.6) is 0 Å². The molecule has 2 aromatic heterocycles. The van der Waals surface area contributed by atoms with Crippen LogP contribution in [0.1, 0.15) is 30.7 Å². The van der Waals surface area contributed by atoms with Gasteiger partial charge in [-0.25, -0.2) is 0 Å². The van der Waals surface area contributed by atoms with Crippen LogP contribution < -0.4 is 5.32 Å². The summed E-state index contributed by atoms with van der Waals surface area (Å²) < 4.78 is 3.12. The Labute approximate surface area is 182 Å². The molecule has 1 aromatic carbocycles. The highest BCUT2D eigenvalue weighted by molar-refractivity contribution is 9.10. The van der Waals surface area contributed by atoms with Gasteiger partial charge in [0.15, 0.2) is 11.0 Å². The highest BCUT2D eigenvalue weighted by Crippen LogP contribution is 2.32. The van der Waals surface area contributed by atoms with E-state index in [1.165, 1.54) is 22.2 Å². The molecule has 0 bridgehead atoms. The fourth-order valence-electron chi connectivity index (χ4n) is 2.99. The number of halogens is 1. The molecular formula is C20H23BrN4OS2. The molecule has 0 fully saturated rings. The maximum absolute atomic E-state index is 12.3. The predicted molar refractivity (Wildman–Crippen MR) is 121 cm³/mol. The van der Waals surface area contributed by atoms with Crippen LogP contribution in [-0.2, 0) is 17.8 Å². The average molecular weight is 479 g/mol. The number of thiophene rings is 1. The lowest BCUT2D eigenvalue weighted by Gasteiger charge is -2.10. The van der Waals surface area contributed by atoms with E-state index in [1.54, 1.807) is 11.3 Å².